The molecule has 2 heterocycles. The van der Waals surface area contributed by atoms with Crippen molar-refractivity contribution in [1.82, 2.24) is 15.3 Å². The zero-order chi connectivity index (χ0) is 9.97. The van der Waals surface area contributed by atoms with Crippen molar-refractivity contribution >= 4 is 12.2 Å². The third kappa shape index (κ3) is 1.84. The predicted molar refractivity (Wildman–Crippen MR) is 55.5 cm³/mol. The van der Waals surface area contributed by atoms with Crippen LogP contribution in [0.25, 0.3) is 0 Å². The zero-order valence-electron chi connectivity index (χ0n) is 8.09. The Morgan fingerprint density at radius 2 is 2.43 bits per heavy atom. The molecule has 0 saturated heterocycles. The average Bonchev–Trinajstić information content (AvgIpc) is 2.18. The first-order valence-corrected chi connectivity index (χ1v) is 5.02. The number of aromatic amines is 1. The number of hydrogen-bond donors (Lipinski definition) is 2. The highest BCUT2D eigenvalue weighted by molar-refractivity contribution is 7.71. The third-order valence-electron chi connectivity index (χ3n) is 2.29. The average molecular weight is 211 g/mol. The molecule has 1 aromatic rings. The molecule has 4 nitrogen and oxygen atoms in total. The Balaban J connectivity index is 2.41. The molecule has 0 amide bonds. The summed E-state index contributed by atoms with van der Waals surface area (Å²) in [6.07, 6.45) is 0.984. The van der Waals surface area contributed by atoms with Crippen molar-refractivity contribution in [1.29, 1.82) is 0 Å². The lowest BCUT2D eigenvalue weighted by Crippen LogP contribution is -2.26. The second-order valence-electron chi connectivity index (χ2n) is 3.31. The Morgan fingerprint density at radius 3 is 3.21 bits per heavy atom. The molecule has 2 rings (SSSR count). The number of methoxy groups -OCH3 is 1. The second-order valence-corrected chi connectivity index (χ2v) is 3.69. The van der Waals surface area contributed by atoms with E-state index in [2.05, 4.69) is 15.3 Å². The van der Waals surface area contributed by atoms with Crippen LogP contribution in [-0.4, -0.2) is 23.6 Å². The van der Waals surface area contributed by atoms with E-state index in [1.165, 1.54) is 5.69 Å². The number of rotatable bonds is 2. The minimum atomic E-state index is 0.490. The van der Waals surface area contributed by atoms with E-state index in [1.54, 1.807) is 7.11 Å². The van der Waals surface area contributed by atoms with E-state index in [-0.39, 0.29) is 0 Å². The number of aromatic nitrogens is 2. The molecule has 0 bridgehead atoms. The van der Waals surface area contributed by atoms with Gasteiger partial charge in [-0.25, -0.2) is 4.98 Å². The largest absolute Gasteiger partial charge is 0.377 e. The van der Waals surface area contributed by atoms with Crippen molar-refractivity contribution in [2.45, 2.75) is 19.6 Å². The van der Waals surface area contributed by atoms with Crippen LogP contribution in [0.4, 0.5) is 0 Å². The Labute approximate surface area is 87.7 Å². The molecule has 1 aliphatic rings. The van der Waals surface area contributed by atoms with Gasteiger partial charge in [-0.3, -0.25) is 0 Å². The van der Waals surface area contributed by atoms with Crippen molar-refractivity contribution in [3.05, 3.63) is 21.7 Å². The van der Waals surface area contributed by atoms with Gasteiger partial charge in [-0.1, -0.05) is 12.2 Å². The Hall–Kier alpha value is -0.780. The molecule has 0 atom stereocenters. The monoisotopic (exact) mass is 211 g/mol. The van der Waals surface area contributed by atoms with Crippen LogP contribution in [-0.2, 0) is 24.3 Å². The van der Waals surface area contributed by atoms with Crippen molar-refractivity contribution < 1.29 is 4.74 Å². The Kier molecular flexibility index (Phi) is 2.90. The lowest BCUT2D eigenvalue weighted by molar-refractivity contribution is 0.177. The standard InChI is InChI=1S/C9H13N3OS/c1-13-5-8-11-7-2-3-10-4-6(7)9(14)12-8/h10H,2-5H2,1H3,(H,11,12,14). The fourth-order valence-electron chi connectivity index (χ4n) is 1.62. The molecular formula is C9H13N3OS. The van der Waals surface area contributed by atoms with E-state index in [0.29, 0.717) is 11.2 Å². The summed E-state index contributed by atoms with van der Waals surface area (Å²) in [5.74, 6) is 0.818. The van der Waals surface area contributed by atoms with E-state index < -0.39 is 0 Å². The van der Waals surface area contributed by atoms with Crippen LogP contribution < -0.4 is 5.32 Å². The van der Waals surface area contributed by atoms with Gasteiger partial charge in [0.2, 0.25) is 0 Å². The highest BCUT2D eigenvalue weighted by Gasteiger charge is 2.12. The number of fused-ring (bicyclic) bond motifs is 1. The van der Waals surface area contributed by atoms with Crippen molar-refractivity contribution in [2.75, 3.05) is 13.7 Å². The van der Waals surface area contributed by atoms with Gasteiger partial charge in [-0.2, -0.15) is 0 Å². The molecule has 2 N–H and O–H groups in total. The first-order valence-electron chi connectivity index (χ1n) is 4.62. The van der Waals surface area contributed by atoms with Gasteiger partial charge in [-0.15, -0.1) is 0 Å². The van der Waals surface area contributed by atoms with Gasteiger partial charge in [0.1, 0.15) is 17.1 Å². The molecule has 1 aliphatic heterocycles. The van der Waals surface area contributed by atoms with Gasteiger partial charge < -0.3 is 15.0 Å². The summed E-state index contributed by atoms with van der Waals surface area (Å²) >= 11 is 5.21. The highest BCUT2D eigenvalue weighted by Crippen LogP contribution is 2.12. The second kappa shape index (κ2) is 4.16. The van der Waals surface area contributed by atoms with Gasteiger partial charge in [0.15, 0.2) is 0 Å². The molecule has 0 spiro atoms. The lowest BCUT2D eigenvalue weighted by atomic mass is 10.1. The number of nitrogens with zero attached hydrogens (tertiary/aromatic N) is 1. The number of H-pyrrole nitrogens is 1. The molecular weight excluding hydrogens is 198 g/mol. The van der Waals surface area contributed by atoms with Gasteiger partial charge in [-0.05, 0) is 0 Å². The lowest BCUT2D eigenvalue weighted by Gasteiger charge is -2.17. The number of ether oxygens (including phenoxy) is 1. The SMILES string of the molecule is COCc1nc(=S)c2c([nH]1)CCNC2. The van der Waals surface area contributed by atoms with Crippen LogP contribution in [0, 0.1) is 4.64 Å². The topological polar surface area (TPSA) is 49.9 Å². The van der Waals surface area contributed by atoms with E-state index in [4.69, 9.17) is 17.0 Å². The molecule has 1 aromatic heterocycles. The van der Waals surface area contributed by atoms with Crippen molar-refractivity contribution in [3.63, 3.8) is 0 Å². The zero-order valence-corrected chi connectivity index (χ0v) is 8.91. The molecule has 0 aromatic carbocycles. The Bertz CT molecular complexity index is 388. The van der Waals surface area contributed by atoms with Crippen LogP contribution in [0.15, 0.2) is 0 Å². The van der Waals surface area contributed by atoms with Crippen LogP contribution in [0.1, 0.15) is 17.1 Å². The summed E-state index contributed by atoms with van der Waals surface area (Å²) in [4.78, 5) is 7.53. The summed E-state index contributed by atoms with van der Waals surface area (Å²) in [5.41, 5.74) is 2.34. The maximum atomic E-state index is 5.21. The van der Waals surface area contributed by atoms with E-state index in [1.807, 2.05) is 0 Å². The summed E-state index contributed by atoms with van der Waals surface area (Å²) in [7, 11) is 1.65. The maximum absolute atomic E-state index is 5.21. The van der Waals surface area contributed by atoms with Crippen LogP contribution in [0.3, 0.4) is 0 Å². The van der Waals surface area contributed by atoms with Crippen molar-refractivity contribution in [2.24, 2.45) is 0 Å². The van der Waals surface area contributed by atoms with Crippen LogP contribution in [0.2, 0.25) is 0 Å². The maximum Gasteiger partial charge on any atom is 0.134 e. The van der Waals surface area contributed by atoms with Gasteiger partial charge in [0, 0.05) is 37.9 Å². The van der Waals surface area contributed by atoms with Crippen molar-refractivity contribution in [3.8, 4) is 0 Å². The summed E-state index contributed by atoms with van der Waals surface area (Å²) in [6, 6.07) is 0. The van der Waals surface area contributed by atoms with Crippen LogP contribution in [0.5, 0.6) is 0 Å². The number of hydrogen-bond acceptors (Lipinski definition) is 4. The van der Waals surface area contributed by atoms with E-state index in [9.17, 15) is 0 Å². The first kappa shape index (κ1) is 9.76. The molecule has 0 unspecified atom stereocenters. The summed E-state index contributed by atoms with van der Waals surface area (Å²) in [5, 5.41) is 3.28. The fourth-order valence-corrected chi connectivity index (χ4v) is 1.93. The van der Waals surface area contributed by atoms with Gasteiger partial charge in [0.25, 0.3) is 0 Å². The third-order valence-corrected chi connectivity index (χ3v) is 2.63. The fraction of sp³-hybridized carbons (Fsp3) is 0.556. The Morgan fingerprint density at radius 1 is 1.57 bits per heavy atom. The van der Waals surface area contributed by atoms with E-state index >= 15 is 0 Å². The van der Waals surface area contributed by atoms with Gasteiger partial charge >= 0.3 is 0 Å². The molecule has 0 radical (unpaired) electrons. The minimum absolute atomic E-state index is 0.490. The highest BCUT2D eigenvalue weighted by atomic mass is 32.1. The number of nitrogens with one attached hydrogen (secondary N) is 2. The predicted octanol–water partition coefficient (Wildman–Crippen LogP) is 0.931. The smallest absolute Gasteiger partial charge is 0.134 e. The molecule has 0 saturated carbocycles. The summed E-state index contributed by atoms with van der Waals surface area (Å²) in [6.45, 7) is 2.31. The van der Waals surface area contributed by atoms with Gasteiger partial charge in [0.05, 0.1) is 0 Å². The molecule has 0 fully saturated rings. The summed E-state index contributed by atoms with van der Waals surface area (Å²) < 4.78 is 5.71. The molecule has 76 valence electrons. The molecule has 0 aliphatic carbocycles. The normalized spacial score (nSPS) is 15.2. The first-order chi connectivity index (χ1) is 6.81. The molecule has 5 heteroatoms. The quantitative estimate of drug-likeness (QED) is 0.715. The van der Waals surface area contributed by atoms with Crippen LogP contribution >= 0.6 is 12.2 Å². The minimum Gasteiger partial charge on any atom is -0.377 e. The van der Waals surface area contributed by atoms with E-state index in [0.717, 1.165) is 30.9 Å². The molecule has 14 heavy (non-hydrogen) atoms.